The topological polar surface area (TPSA) is 55.1 Å². The van der Waals surface area contributed by atoms with Crippen LogP contribution in [0, 0.1) is 0 Å². The summed E-state index contributed by atoms with van der Waals surface area (Å²) in [6.07, 6.45) is 0.814. The molecule has 0 saturated heterocycles. The van der Waals surface area contributed by atoms with E-state index in [9.17, 15) is 4.79 Å². The molecule has 2 aromatic rings. The van der Waals surface area contributed by atoms with Crippen LogP contribution in [0.2, 0.25) is 0 Å². The van der Waals surface area contributed by atoms with Crippen LogP contribution in [-0.4, -0.2) is 5.91 Å². The van der Waals surface area contributed by atoms with Gasteiger partial charge in [0.25, 0.3) is 0 Å². The number of carbonyl (C=O) groups excluding carboxylic acids is 1. The lowest BCUT2D eigenvalue weighted by molar-refractivity contribution is -0.118. The Morgan fingerprint density at radius 3 is 2.61 bits per heavy atom. The average Bonchev–Trinajstić information content (AvgIpc) is 2.34. The van der Waals surface area contributed by atoms with Crippen molar-refractivity contribution in [3.63, 3.8) is 0 Å². The molecule has 0 aromatic heterocycles. The predicted octanol–water partition coefficient (Wildman–Crippen LogP) is 2.55. The minimum atomic E-state index is -0.0409. The minimum absolute atomic E-state index is 0.0200. The highest BCUT2D eigenvalue weighted by molar-refractivity contribution is 5.99. The molecule has 0 radical (unpaired) electrons. The summed E-state index contributed by atoms with van der Waals surface area (Å²) >= 11 is 0. The van der Waals surface area contributed by atoms with Crippen molar-refractivity contribution in [3.05, 3.63) is 59.7 Å². The molecule has 0 fully saturated rings. The molecule has 0 spiro atoms. The minimum Gasteiger partial charge on any atom is -0.397 e. The van der Waals surface area contributed by atoms with Gasteiger partial charge in [-0.05, 0) is 29.7 Å². The maximum atomic E-state index is 12.1. The number of hydrogen-bond donors (Lipinski definition) is 2. The van der Waals surface area contributed by atoms with Gasteiger partial charge in [0.2, 0.25) is 5.91 Å². The Labute approximate surface area is 106 Å². The van der Waals surface area contributed by atoms with E-state index in [1.807, 2.05) is 36.4 Å². The van der Waals surface area contributed by atoms with Gasteiger partial charge in [-0.15, -0.1) is 0 Å². The summed E-state index contributed by atoms with van der Waals surface area (Å²) in [6, 6.07) is 15.4. The molecule has 18 heavy (non-hydrogen) atoms. The normalized spacial score (nSPS) is 16.6. The molecule has 0 saturated carbocycles. The van der Waals surface area contributed by atoms with E-state index in [4.69, 9.17) is 5.73 Å². The maximum Gasteiger partial charge on any atom is 0.232 e. The smallest absolute Gasteiger partial charge is 0.232 e. The lowest BCUT2D eigenvalue weighted by Gasteiger charge is -2.29. The molecule has 2 aromatic carbocycles. The number of anilines is 2. The first-order valence-electron chi connectivity index (χ1n) is 5.99. The Hall–Kier alpha value is -2.29. The van der Waals surface area contributed by atoms with Crippen LogP contribution in [0.25, 0.3) is 0 Å². The SMILES string of the molecule is Nc1ccccc1NC(=O)C1Cc2ccccc21. The summed E-state index contributed by atoms with van der Waals surface area (Å²) < 4.78 is 0. The first-order valence-corrected chi connectivity index (χ1v) is 5.99. The summed E-state index contributed by atoms with van der Waals surface area (Å²) in [5.41, 5.74) is 9.48. The molecule has 0 bridgehead atoms. The Bertz CT molecular complexity index is 607. The molecule has 1 atom stereocenters. The van der Waals surface area contributed by atoms with E-state index >= 15 is 0 Å². The Kier molecular flexibility index (Phi) is 2.52. The highest BCUT2D eigenvalue weighted by Gasteiger charge is 2.31. The second kappa shape index (κ2) is 4.18. The third-order valence-corrected chi connectivity index (χ3v) is 3.39. The molecule has 3 rings (SSSR count). The monoisotopic (exact) mass is 238 g/mol. The van der Waals surface area contributed by atoms with Crippen LogP contribution in [0.15, 0.2) is 48.5 Å². The fraction of sp³-hybridized carbons (Fsp3) is 0.133. The van der Waals surface area contributed by atoms with Gasteiger partial charge in [0.05, 0.1) is 17.3 Å². The number of nitrogens with one attached hydrogen (secondary N) is 1. The van der Waals surface area contributed by atoms with Gasteiger partial charge in [-0.2, -0.15) is 0 Å². The standard InChI is InChI=1S/C15H14N2O/c16-13-7-3-4-8-14(13)17-15(18)12-9-10-5-1-2-6-11(10)12/h1-8,12H,9,16H2,(H,17,18). The van der Waals surface area contributed by atoms with Crippen LogP contribution >= 0.6 is 0 Å². The van der Waals surface area contributed by atoms with Crippen molar-refractivity contribution in [2.45, 2.75) is 12.3 Å². The van der Waals surface area contributed by atoms with Gasteiger partial charge in [0.15, 0.2) is 0 Å². The van der Waals surface area contributed by atoms with Crippen molar-refractivity contribution in [2.24, 2.45) is 0 Å². The van der Waals surface area contributed by atoms with Crippen molar-refractivity contribution in [1.29, 1.82) is 0 Å². The third kappa shape index (κ3) is 1.74. The van der Waals surface area contributed by atoms with Crippen molar-refractivity contribution in [1.82, 2.24) is 0 Å². The van der Waals surface area contributed by atoms with Gasteiger partial charge < -0.3 is 11.1 Å². The molecule has 3 nitrogen and oxygen atoms in total. The van der Waals surface area contributed by atoms with E-state index in [1.165, 1.54) is 5.56 Å². The number of hydrogen-bond acceptors (Lipinski definition) is 2. The zero-order valence-electron chi connectivity index (χ0n) is 9.89. The number of benzene rings is 2. The van der Waals surface area contributed by atoms with Crippen molar-refractivity contribution in [2.75, 3.05) is 11.1 Å². The van der Waals surface area contributed by atoms with Crippen LogP contribution in [0.4, 0.5) is 11.4 Å². The highest BCUT2D eigenvalue weighted by atomic mass is 16.1. The number of fused-ring (bicyclic) bond motifs is 1. The number of amides is 1. The summed E-state index contributed by atoms with van der Waals surface area (Å²) in [5, 5.41) is 2.89. The number of carbonyl (C=O) groups is 1. The van der Waals surface area contributed by atoms with Crippen molar-refractivity contribution in [3.8, 4) is 0 Å². The Balaban J connectivity index is 1.77. The van der Waals surface area contributed by atoms with Gasteiger partial charge in [0, 0.05) is 0 Å². The molecule has 1 unspecified atom stereocenters. The third-order valence-electron chi connectivity index (χ3n) is 3.39. The maximum absolute atomic E-state index is 12.1. The molecule has 0 heterocycles. The lowest BCUT2D eigenvalue weighted by atomic mass is 9.77. The van der Waals surface area contributed by atoms with E-state index in [2.05, 4.69) is 11.4 Å². The highest BCUT2D eigenvalue weighted by Crippen LogP contribution is 2.35. The number of nitrogens with two attached hydrogens (primary N) is 1. The molecule has 3 heteroatoms. The number of rotatable bonds is 2. The van der Waals surface area contributed by atoms with Crippen molar-refractivity contribution < 1.29 is 4.79 Å². The second-order valence-corrected chi connectivity index (χ2v) is 4.53. The number of para-hydroxylation sites is 2. The summed E-state index contributed by atoms with van der Waals surface area (Å²) in [4.78, 5) is 12.1. The first kappa shape index (κ1) is 10.8. The molecule has 1 amide bonds. The second-order valence-electron chi connectivity index (χ2n) is 4.53. The van der Waals surface area contributed by atoms with Crippen LogP contribution in [0.5, 0.6) is 0 Å². The lowest BCUT2D eigenvalue weighted by Crippen LogP contribution is -2.30. The van der Waals surface area contributed by atoms with E-state index in [0.717, 1.165) is 12.0 Å². The molecular formula is C15H14N2O. The summed E-state index contributed by atoms with van der Waals surface area (Å²) in [5.74, 6) is -0.0209. The first-order chi connectivity index (χ1) is 8.75. The fourth-order valence-corrected chi connectivity index (χ4v) is 2.32. The van der Waals surface area contributed by atoms with Crippen LogP contribution in [0.1, 0.15) is 17.0 Å². The quantitative estimate of drug-likeness (QED) is 0.790. The van der Waals surface area contributed by atoms with E-state index < -0.39 is 0 Å². The number of nitrogen functional groups attached to an aromatic ring is 1. The van der Waals surface area contributed by atoms with Crippen LogP contribution in [0.3, 0.4) is 0 Å². The van der Waals surface area contributed by atoms with E-state index in [0.29, 0.717) is 11.4 Å². The molecule has 1 aliphatic rings. The molecule has 3 N–H and O–H groups in total. The van der Waals surface area contributed by atoms with Crippen LogP contribution in [-0.2, 0) is 11.2 Å². The van der Waals surface area contributed by atoms with Gasteiger partial charge in [-0.1, -0.05) is 36.4 Å². The van der Waals surface area contributed by atoms with Gasteiger partial charge in [-0.3, -0.25) is 4.79 Å². The molecule has 1 aliphatic carbocycles. The van der Waals surface area contributed by atoms with E-state index in [1.54, 1.807) is 6.07 Å². The average molecular weight is 238 g/mol. The Morgan fingerprint density at radius 1 is 1.11 bits per heavy atom. The largest absolute Gasteiger partial charge is 0.397 e. The fourth-order valence-electron chi connectivity index (χ4n) is 2.32. The molecule has 0 aliphatic heterocycles. The van der Waals surface area contributed by atoms with E-state index in [-0.39, 0.29) is 11.8 Å². The van der Waals surface area contributed by atoms with Gasteiger partial charge in [-0.25, -0.2) is 0 Å². The summed E-state index contributed by atoms with van der Waals surface area (Å²) in [7, 11) is 0. The van der Waals surface area contributed by atoms with Gasteiger partial charge in [0.1, 0.15) is 0 Å². The Morgan fingerprint density at radius 2 is 1.83 bits per heavy atom. The predicted molar refractivity (Wildman–Crippen MR) is 72.4 cm³/mol. The van der Waals surface area contributed by atoms with Crippen LogP contribution < -0.4 is 11.1 Å². The zero-order chi connectivity index (χ0) is 12.5. The molecule has 90 valence electrons. The summed E-state index contributed by atoms with van der Waals surface area (Å²) in [6.45, 7) is 0. The zero-order valence-corrected chi connectivity index (χ0v) is 9.89. The van der Waals surface area contributed by atoms with Crippen molar-refractivity contribution >= 4 is 17.3 Å². The molecular weight excluding hydrogens is 224 g/mol. The van der Waals surface area contributed by atoms with Gasteiger partial charge >= 0.3 is 0 Å².